The van der Waals surface area contributed by atoms with Gasteiger partial charge in [0.2, 0.25) is 17.5 Å². The quantitative estimate of drug-likeness (QED) is 0.649. The largest absolute Gasteiger partial charge is 0.492 e. The number of allylic oxidation sites excluding steroid dienone is 2. The van der Waals surface area contributed by atoms with Crippen LogP contribution in [-0.2, 0) is 37.0 Å². The fraction of sp³-hybridized carbons (Fsp3) is 0.450. The van der Waals surface area contributed by atoms with E-state index in [0.29, 0.717) is 5.69 Å². The summed E-state index contributed by atoms with van der Waals surface area (Å²) in [5.74, 6) is -2.04. The third-order valence-corrected chi connectivity index (χ3v) is 5.20. The summed E-state index contributed by atoms with van der Waals surface area (Å²) in [5.41, 5.74) is 0.863. The van der Waals surface area contributed by atoms with Crippen molar-refractivity contribution in [2.75, 3.05) is 14.2 Å². The molecule has 3 rings (SSSR count). The van der Waals surface area contributed by atoms with Gasteiger partial charge in [-0.2, -0.15) is 0 Å². The molecule has 0 aromatic carbocycles. The maximum atomic E-state index is 13.2. The molecule has 1 aromatic heterocycles. The number of nitrogens with zero attached hydrogens (tertiary/aromatic N) is 1. The van der Waals surface area contributed by atoms with Crippen LogP contribution in [-0.4, -0.2) is 54.4 Å². The molecule has 11 nitrogen and oxygen atoms in total. The van der Waals surface area contributed by atoms with E-state index < -0.39 is 41.7 Å². The molecule has 31 heavy (non-hydrogen) atoms. The van der Waals surface area contributed by atoms with E-state index in [0.717, 1.165) is 0 Å². The highest BCUT2D eigenvalue weighted by Crippen LogP contribution is 2.41. The van der Waals surface area contributed by atoms with E-state index in [1.807, 2.05) is 0 Å². The maximum absolute atomic E-state index is 13.2. The van der Waals surface area contributed by atoms with E-state index >= 15 is 0 Å². The van der Waals surface area contributed by atoms with Crippen LogP contribution < -0.4 is 10.6 Å². The highest BCUT2D eigenvalue weighted by Gasteiger charge is 2.47. The first-order valence-electron chi connectivity index (χ1n) is 9.50. The van der Waals surface area contributed by atoms with Gasteiger partial charge in [-0.15, -0.1) is 0 Å². The molecule has 11 heteroatoms. The Kier molecular flexibility index (Phi) is 5.87. The first kappa shape index (κ1) is 22.1. The Bertz CT molecular complexity index is 1040. The zero-order valence-electron chi connectivity index (χ0n) is 17.8. The van der Waals surface area contributed by atoms with Crippen LogP contribution in [0, 0.1) is 0 Å². The van der Waals surface area contributed by atoms with Crippen molar-refractivity contribution in [2.45, 2.75) is 46.1 Å². The van der Waals surface area contributed by atoms with Crippen LogP contribution in [0.15, 0.2) is 11.3 Å². The van der Waals surface area contributed by atoms with Crippen molar-refractivity contribution in [1.29, 1.82) is 0 Å². The summed E-state index contributed by atoms with van der Waals surface area (Å²) < 4.78 is 17.2. The lowest BCUT2D eigenvalue weighted by Gasteiger charge is -2.22. The van der Waals surface area contributed by atoms with E-state index in [1.54, 1.807) is 4.57 Å². The van der Waals surface area contributed by atoms with Crippen molar-refractivity contribution in [3.05, 3.63) is 33.8 Å². The van der Waals surface area contributed by atoms with Crippen LogP contribution in [0.25, 0.3) is 0 Å². The molecule has 0 fully saturated rings. The third kappa shape index (κ3) is 3.66. The second kappa shape index (κ2) is 8.25. The van der Waals surface area contributed by atoms with Gasteiger partial charge in [-0.3, -0.25) is 19.2 Å². The molecule has 2 atom stereocenters. The Hall–Kier alpha value is -3.63. The number of fused-ring (bicyclic) bond motifs is 3. The SMILES string of the molecule is CNC(=O)OCc1c2c(n3c1[C@H](NC(C)=O)[C@H](OC(C)=O)C3)C(=O)C(C)=C(OC)C2=O. The van der Waals surface area contributed by atoms with Gasteiger partial charge in [0.15, 0.2) is 5.76 Å². The number of amides is 2. The summed E-state index contributed by atoms with van der Waals surface area (Å²) in [7, 11) is 2.67. The van der Waals surface area contributed by atoms with E-state index in [4.69, 9.17) is 14.2 Å². The van der Waals surface area contributed by atoms with Crippen LogP contribution in [0.1, 0.15) is 58.9 Å². The van der Waals surface area contributed by atoms with Gasteiger partial charge in [0, 0.05) is 32.0 Å². The van der Waals surface area contributed by atoms with E-state index in [2.05, 4.69) is 10.6 Å². The van der Waals surface area contributed by atoms with Gasteiger partial charge in [0.05, 0.1) is 24.9 Å². The minimum absolute atomic E-state index is 0.0385. The van der Waals surface area contributed by atoms with Gasteiger partial charge < -0.3 is 29.4 Å². The highest BCUT2D eigenvalue weighted by molar-refractivity contribution is 6.26. The summed E-state index contributed by atoms with van der Waals surface area (Å²) in [6.45, 7) is 3.70. The predicted molar refractivity (Wildman–Crippen MR) is 104 cm³/mol. The first-order valence-corrected chi connectivity index (χ1v) is 9.50. The molecule has 166 valence electrons. The number of aromatic nitrogens is 1. The molecule has 0 unspecified atom stereocenters. The Morgan fingerprint density at radius 2 is 1.84 bits per heavy atom. The number of esters is 1. The van der Waals surface area contributed by atoms with Crippen LogP contribution in [0.2, 0.25) is 0 Å². The van der Waals surface area contributed by atoms with Crippen molar-refractivity contribution in [2.24, 2.45) is 0 Å². The van der Waals surface area contributed by atoms with Crippen molar-refractivity contribution >= 4 is 29.5 Å². The van der Waals surface area contributed by atoms with Crippen molar-refractivity contribution in [1.82, 2.24) is 15.2 Å². The summed E-state index contributed by atoms with van der Waals surface area (Å²) in [6, 6.07) is -0.845. The number of hydrogen-bond acceptors (Lipinski definition) is 8. The third-order valence-electron chi connectivity index (χ3n) is 5.20. The summed E-state index contributed by atoms with van der Waals surface area (Å²) in [5, 5.41) is 5.02. The number of ketones is 2. The summed E-state index contributed by atoms with van der Waals surface area (Å²) in [6.07, 6.45) is -1.55. The second-order valence-electron chi connectivity index (χ2n) is 7.17. The van der Waals surface area contributed by atoms with Gasteiger partial charge >= 0.3 is 12.1 Å². The van der Waals surface area contributed by atoms with Gasteiger partial charge in [-0.05, 0) is 6.92 Å². The normalized spacial score (nSPS) is 19.5. The Balaban J connectivity index is 2.22. The molecule has 0 bridgehead atoms. The lowest BCUT2D eigenvalue weighted by Crippen LogP contribution is -2.36. The fourth-order valence-corrected chi connectivity index (χ4v) is 4.04. The summed E-state index contributed by atoms with van der Waals surface area (Å²) >= 11 is 0. The molecule has 0 spiro atoms. The van der Waals surface area contributed by atoms with E-state index in [9.17, 15) is 24.0 Å². The molecule has 2 amide bonds. The molecule has 2 aliphatic rings. The number of alkyl carbamates (subject to hydrolysis) is 1. The van der Waals surface area contributed by atoms with Crippen LogP contribution in [0.5, 0.6) is 0 Å². The van der Waals surface area contributed by atoms with Crippen molar-refractivity contribution < 1.29 is 38.2 Å². The van der Waals surface area contributed by atoms with Crippen LogP contribution >= 0.6 is 0 Å². The zero-order valence-corrected chi connectivity index (χ0v) is 17.8. The lowest BCUT2D eigenvalue weighted by molar-refractivity contribution is -0.148. The monoisotopic (exact) mass is 433 g/mol. The molecule has 1 aliphatic heterocycles. The van der Waals surface area contributed by atoms with E-state index in [1.165, 1.54) is 34.9 Å². The zero-order chi connectivity index (χ0) is 23.0. The van der Waals surface area contributed by atoms with Gasteiger partial charge in [0.1, 0.15) is 24.4 Å². The number of ether oxygens (including phenoxy) is 3. The average Bonchev–Trinajstić information content (AvgIpc) is 3.18. The van der Waals surface area contributed by atoms with Crippen LogP contribution in [0.4, 0.5) is 4.79 Å². The molecule has 1 aliphatic carbocycles. The minimum atomic E-state index is -0.845. The molecular weight excluding hydrogens is 410 g/mol. The van der Waals surface area contributed by atoms with E-state index in [-0.39, 0.29) is 41.3 Å². The fourth-order valence-electron chi connectivity index (χ4n) is 4.04. The van der Waals surface area contributed by atoms with Crippen molar-refractivity contribution in [3.63, 3.8) is 0 Å². The number of nitrogens with one attached hydrogen (secondary N) is 2. The molecule has 0 saturated carbocycles. The number of methoxy groups -OCH3 is 1. The van der Waals surface area contributed by atoms with Gasteiger partial charge in [-0.1, -0.05) is 0 Å². The molecular formula is C20H23N3O8. The predicted octanol–water partition coefficient (Wildman–Crippen LogP) is 0.766. The minimum Gasteiger partial charge on any atom is -0.492 e. The molecule has 2 heterocycles. The molecule has 2 N–H and O–H groups in total. The maximum Gasteiger partial charge on any atom is 0.407 e. The van der Waals surface area contributed by atoms with Gasteiger partial charge in [0.25, 0.3) is 0 Å². The smallest absolute Gasteiger partial charge is 0.407 e. The molecule has 0 radical (unpaired) electrons. The lowest BCUT2D eigenvalue weighted by atomic mass is 9.90. The molecule has 0 saturated heterocycles. The number of Topliss-reactive ketones (excluding diaryl/α,β-unsaturated/α-hetero) is 2. The van der Waals surface area contributed by atoms with Crippen LogP contribution in [0.3, 0.4) is 0 Å². The Labute approximate surface area is 177 Å². The Morgan fingerprint density at radius 3 is 2.39 bits per heavy atom. The van der Waals surface area contributed by atoms with Crippen molar-refractivity contribution in [3.8, 4) is 0 Å². The topological polar surface area (TPSA) is 142 Å². The summed E-state index contributed by atoms with van der Waals surface area (Å²) in [4.78, 5) is 61.5. The number of hydrogen-bond donors (Lipinski definition) is 2. The Morgan fingerprint density at radius 1 is 1.16 bits per heavy atom. The average molecular weight is 433 g/mol. The second-order valence-corrected chi connectivity index (χ2v) is 7.17. The number of rotatable bonds is 5. The first-order chi connectivity index (χ1) is 14.6. The number of carbonyl (C=O) groups excluding carboxylic acids is 5. The molecule has 1 aromatic rings. The highest BCUT2D eigenvalue weighted by atomic mass is 16.6. The van der Waals surface area contributed by atoms with Gasteiger partial charge in [-0.25, -0.2) is 4.79 Å². The number of carbonyl (C=O) groups is 5. The standard InChI is InChI=1S/C20H23N3O8/c1-8-17(26)16-13(18(27)19(8)29-5)11(7-30-20(28)21-4)15-14(22-9(2)24)12(6-23(15)16)31-10(3)25/h12,14H,6-7H2,1-5H3,(H,21,28)(H,22,24)/t12-,14-/m1/s1.